The summed E-state index contributed by atoms with van der Waals surface area (Å²) in [5.41, 5.74) is 0. The maximum absolute atomic E-state index is 11.9. The normalized spacial score (nSPS) is 18.5. The minimum absolute atomic E-state index is 0.0788. The number of ether oxygens (including phenoxy) is 1. The lowest BCUT2D eigenvalue weighted by atomic mass is 9.97. The third kappa shape index (κ3) is 6.89. The second kappa shape index (κ2) is 9.28. The smallest absolute Gasteiger partial charge is 0.234 e. The number of amides is 1. The maximum atomic E-state index is 11.9. The number of carbonyl (C=O) groups excluding carboxylic acids is 1. The lowest BCUT2D eigenvalue weighted by Crippen LogP contribution is -2.44. The number of hydrogen-bond donors (Lipinski definition) is 2. The number of carbonyl (C=O) groups is 1. The summed E-state index contributed by atoms with van der Waals surface area (Å²) in [6.45, 7) is 9.32. The molecule has 1 atom stereocenters. The highest BCUT2D eigenvalue weighted by Gasteiger charge is 2.18. The Bertz CT molecular complexity index is 255. The maximum Gasteiger partial charge on any atom is 0.234 e. The highest BCUT2D eigenvalue weighted by molar-refractivity contribution is 5.78. The van der Waals surface area contributed by atoms with Gasteiger partial charge in [-0.05, 0) is 45.3 Å². The fraction of sp³-hybridized carbons (Fsp3) is 0.929. The zero-order valence-corrected chi connectivity index (χ0v) is 12.6. The van der Waals surface area contributed by atoms with Crippen molar-refractivity contribution < 1.29 is 9.53 Å². The molecule has 1 heterocycles. The number of rotatable bonds is 8. The van der Waals surface area contributed by atoms with Gasteiger partial charge in [0, 0.05) is 19.7 Å². The van der Waals surface area contributed by atoms with E-state index in [1.54, 1.807) is 7.11 Å². The average molecular weight is 271 g/mol. The molecule has 0 aromatic carbocycles. The first-order chi connectivity index (χ1) is 9.15. The number of methoxy groups -OCH3 is 1. The fourth-order valence-electron chi connectivity index (χ4n) is 2.55. The van der Waals surface area contributed by atoms with Gasteiger partial charge in [0.15, 0.2) is 0 Å². The topological polar surface area (TPSA) is 53.6 Å². The van der Waals surface area contributed by atoms with Crippen LogP contribution >= 0.6 is 0 Å². The van der Waals surface area contributed by atoms with Crippen LogP contribution in [-0.2, 0) is 9.53 Å². The third-order valence-corrected chi connectivity index (χ3v) is 3.61. The van der Waals surface area contributed by atoms with E-state index in [0.717, 1.165) is 32.1 Å². The number of likely N-dealkylation sites (N-methyl/N-ethyl adjacent to an activating group) is 1. The standard InChI is InChI=1S/C14H29N3O2/c1-4-17(9-13-5-7-15-8-6-13)10-14(18)16-12(2)11-19-3/h12-13,15H,4-11H2,1-3H3,(H,16,18). The van der Waals surface area contributed by atoms with Crippen molar-refractivity contribution in [3.8, 4) is 0 Å². The molecule has 0 saturated carbocycles. The van der Waals surface area contributed by atoms with Crippen molar-refractivity contribution in [1.29, 1.82) is 0 Å². The second-order valence-corrected chi connectivity index (χ2v) is 5.45. The van der Waals surface area contributed by atoms with Crippen LogP contribution in [0.25, 0.3) is 0 Å². The molecule has 0 aliphatic carbocycles. The zero-order chi connectivity index (χ0) is 14.1. The summed E-state index contributed by atoms with van der Waals surface area (Å²) in [4.78, 5) is 14.2. The first kappa shape index (κ1) is 16.4. The van der Waals surface area contributed by atoms with Crippen molar-refractivity contribution in [3.05, 3.63) is 0 Å². The van der Waals surface area contributed by atoms with E-state index in [-0.39, 0.29) is 11.9 Å². The van der Waals surface area contributed by atoms with Crippen molar-refractivity contribution in [1.82, 2.24) is 15.5 Å². The highest BCUT2D eigenvalue weighted by Crippen LogP contribution is 2.13. The minimum Gasteiger partial charge on any atom is -0.383 e. The summed E-state index contributed by atoms with van der Waals surface area (Å²) in [6.07, 6.45) is 2.44. The van der Waals surface area contributed by atoms with E-state index in [4.69, 9.17) is 4.74 Å². The van der Waals surface area contributed by atoms with Crippen LogP contribution in [0.4, 0.5) is 0 Å². The molecular weight excluding hydrogens is 242 g/mol. The molecule has 0 aromatic rings. The van der Waals surface area contributed by atoms with E-state index in [9.17, 15) is 4.79 Å². The van der Waals surface area contributed by atoms with Gasteiger partial charge in [-0.15, -0.1) is 0 Å². The highest BCUT2D eigenvalue weighted by atomic mass is 16.5. The molecule has 1 amide bonds. The molecule has 0 radical (unpaired) electrons. The fourth-order valence-corrected chi connectivity index (χ4v) is 2.55. The summed E-state index contributed by atoms with van der Waals surface area (Å²) < 4.78 is 5.02. The Morgan fingerprint density at radius 3 is 2.74 bits per heavy atom. The Balaban J connectivity index is 2.28. The van der Waals surface area contributed by atoms with E-state index < -0.39 is 0 Å². The Morgan fingerprint density at radius 2 is 2.16 bits per heavy atom. The molecule has 0 spiro atoms. The lowest BCUT2D eigenvalue weighted by molar-refractivity contribution is -0.123. The van der Waals surface area contributed by atoms with E-state index in [2.05, 4.69) is 22.5 Å². The predicted octanol–water partition coefficient (Wildman–Crippen LogP) is 0.459. The van der Waals surface area contributed by atoms with E-state index in [1.165, 1.54) is 12.8 Å². The molecule has 0 aromatic heterocycles. The van der Waals surface area contributed by atoms with Gasteiger partial charge in [-0.2, -0.15) is 0 Å². The van der Waals surface area contributed by atoms with Gasteiger partial charge < -0.3 is 15.4 Å². The minimum atomic E-state index is 0.0788. The Kier molecular flexibility index (Phi) is 8.02. The lowest BCUT2D eigenvalue weighted by Gasteiger charge is -2.29. The van der Waals surface area contributed by atoms with Gasteiger partial charge in [0.05, 0.1) is 13.2 Å². The molecule has 1 rings (SSSR count). The summed E-state index contributed by atoms with van der Waals surface area (Å²) in [6, 6.07) is 0.0788. The molecule has 1 aliphatic rings. The van der Waals surface area contributed by atoms with E-state index in [1.807, 2.05) is 6.92 Å². The zero-order valence-electron chi connectivity index (χ0n) is 12.6. The number of hydrogen-bond acceptors (Lipinski definition) is 4. The first-order valence-electron chi connectivity index (χ1n) is 7.37. The summed E-state index contributed by atoms with van der Waals surface area (Å²) in [5, 5.41) is 6.34. The van der Waals surface area contributed by atoms with Crippen LogP contribution in [0.3, 0.4) is 0 Å². The third-order valence-electron chi connectivity index (χ3n) is 3.61. The largest absolute Gasteiger partial charge is 0.383 e. The van der Waals surface area contributed by atoms with Gasteiger partial charge in [0.25, 0.3) is 0 Å². The monoisotopic (exact) mass is 271 g/mol. The van der Waals surface area contributed by atoms with Crippen LogP contribution < -0.4 is 10.6 Å². The molecule has 1 fully saturated rings. The van der Waals surface area contributed by atoms with Crippen LogP contribution in [0.2, 0.25) is 0 Å². The van der Waals surface area contributed by atoms with Crippen molar-refractivity contribution in [2.45, 2.75) is 32.7 Å². The van der Waals surface area contributed by atoms with Crippen molar-refractivity contribution in [3.63, 3.8) is 0 Å². The molecule has 0 bridgehead atoms. The second-order valence-electron chi connectivity index (χ2n) is 5.45. The van der Waals surface area contributed by atoms with Crippen LogP contribution in [-0.4, -0.2) is 63.3 Å². The Labute approximate surface area is 117 Å². The van der Waals surface area contributed by atoms with Crippen molar-refractivity contribution >= 4 is 5.91 Å². The van der Waals surface area contributed by atoms with Crippen molar-refractivity contribution in [2.24, 2.45) is 5.92 Å². The molecule has 1 unspecified atom stereocenters. The van der Waals surface area contributed by atoms with Gasteiger partial charge in [-0.1, -0.05) is 6.92 Å². The van der Waals surface area contributed by atoms with Crippen LogP contribution in [0.15, 0.2) is 0 Å². The number of piperidine rings is 1. The van der Waals surface area contributed by atoms with Crippen LogP contribution in [0, 0.1) is 5.92 Å². The van der Waals surface area contributed by atoms with Gasteiger partial charge in [0.1, 0.15) is 0 Å². The summed E-state index contributed by atoms with van der Waals surface area (Å²) in [7, 11) is 1.65. The van der Waals surface area contributed by atoms with Crippen molar-refractivity contribution in [2.75, 3.05) is 46.4 Å². The molecule has 5 nitrogen and oxygen atoms in total. The van der Waals surface area contributed by atoms with Gasteiger partial charge >= 0.3 is 0 Å². The average Bonchev–Trinajstić information content (AvgIpc) is 2.39. The quantitative estimate of drug-likeness (QED) is 0.673. The van der Waals surface area contributed by atoms with E-state index in [0.29, 0.717) is 13.2 Å². The molecular formula is C14H29N3O2. The van der Waals surface area contributed by atoms with E-state index >= 15 is 0 Å². The van der Waals surface area contributed by atoms with Crippen LogP contribution in [0.5, 0.6) is 0 Å². The molecule has 2 N–H and O–H groups in total. The first-order valence-corrected chi connectivity index (χ1v) is 7.37. The summed E-state index contributed by atoms with van der Waals surface area (Å²) >= 11 is 0. The molecule has 1 saturated heterocycles. The molecule has 112 valence electrons. The summed E-state index contributed by atoms with van der Waals surface area (Å²) in [5.74, 6) is 0.825. The SMILES string of the molecule is CCN(CC(=O)NC(C)COC)CC1CCNCC1. The molecule has 19 heavy (non-hydrogen) atoms. The Morgan fingerprint density at radius 1 is 1.47 bits per heavy atom. The molecule has 5 heteroatoms. The number of nitrogens with zero attached hydrogens (tertiary/aromatic N) is 1. The van der Waals surface area contributed by atoms with Gasteiger partial charge in [-0.25, -0.2) is 0 Å². The Hall–Kier alpha value is -0.650. The van der Waals surface area contributed by atoms with Gasteiger partial charge in [-0.3, -0.25) is 9.69 Å². The predicted molar refractivity (Wildman–Crippen MR) is 77.2 cm³/mol. The number of nitrogens with one attached hydrogen (secondary N) is 2. The van der Waals surface area contributed by atoms with Crippen LogP contribution in [0.1, 0.15) is 26.7 Å². The van der Waals surface area contributed by atoms with Gasteiger partial charge in [0.2, 0.25) is 5.91 Å². The molecule has 1 aliphatic heterocycles.